The van der Waals surface area contributed by atoms with Crippen LogP contribution < -0.4 is 0 Å². The molecule has 3 aliphatic rings. The minimum absolute atomic E-state index is 0.0128. The Balaban J connectivity index is 1.75. The van der Waals surface area contributed by atoms with Crippen LogP contribution in [0.15, 0.2) is 24.5 Å². The highest BCUT2D eigenvalue weighted by Gasteiger charge is 2.50. The Morgan fingerprint density at radius 3 is 2.67 bits per heavy atom. The zero-order valence-corrected chi connectivity index (χ0v) is 13.8. The van der Waals surface area contributed by atoms with E-state index in [2.05, 4.69) is 22.1 Å². The minimum Gasteiger partial charge on any atom is -0.394 e. The van der Waals surface area contributed by atoms with Crippen LogP contribution in [-0.2, 0) is 0 Å². The van der Waals surface area contributed by atoms with E-state index in [-0.39, 0.29) is 24.6 Å². The second-order valence-electron chi connectivity index (χ2n) is 6.85. The topological polar surface area (TPSA) is 84.1 Å². The maximum Gasteiger partial charge on any atom is 0.275 e. The van der Waals surface area contributed by atoms with Crippen LogP contribution in [-0.4, -0.2) is 54.6 Å². The molecule has 0 spiro atoms. The van der Waals surface area contributed by atoms with Crippen molar-refractivity contribution >= 4 is 5.91 Å². The largest absolute Gasteiger partial charge is 0.394 e. The van der Waals surface area contributed by atoms with Crippen molar-refractivity contribution < 1.29 is 9.90 Å². The molecule has 2 atom stereocenters. The highest BCUT2D eigenvalue weighted by molar-refractivity contribution is 5.96. The molecule has 0 aromatic carbocycles. The fourth-order valence-electron chi connectivity index (χ4n) is 4.03. The number of amides is 1. The third-order valence-electron chi connectivity index (χ3n) is 5.52. The Morgan fingerprint density at radius 1 is 1.29 bits per heavy atom. The van der Waals surface area contributed by atoms with Crippen LogP contribution in [0.25, 0.3) is 5.69 Å². The third-order valence-corrected chi connectivity index (χ3v) is 5.52. The first kappa shape index (κ1) is 15.3. The lowest BCUT2D eigenvalue weighted by Crippen LogP contribution is -2.64. The second-order valence-corrected chi connectivity index (χ2v) is 6.85. The van der Waals surface area contributed by atoms with Crippen molar-refractivity contribution in [2.24, 2.45) is 11.8 Å². The van der Waals surface area contributed by atoms with E-state index in [0.29, 0.717) is 23.2 Å². The number of hydrogen-bond acceptors (Lipinski definition) is 5. The molecule has 1 unspecified atom stereocenters. The van der Waals surface area contributed by atoms with Crippen molar-refractivity contribution in [1.29, 1.82) is 0 Å². The minimum atomic E-state index is -0.143. The predicted octanol–water partition coefficient (Wildman–Crippen LogP) is 1.20. The van der Waals surface area contributed by atoms with Gasteiger partial charge in [0.25, 0.3) is 5.91 Å². The molecule has 5 rings (SSSR count). The first-order chi connectivity index (χ1) is 11.6. The Morgan fingerprint density at radius 2 is 2.00 bits per heavy atom. The lowest BCUT2D eigenvalue weighted by Gasteiger charge is -2.56. The summed E-state index contributed by atoms with van der Waals surface area (Å²) >= 11 is 0. The van der Waals surface area contributed by atoms with E-state index in [4.69, 9.17) is 0 Å². The number of aliphatic hydroxyl groups excluding tert-OH is 1. The fourth-order valence-corrected chi connectivity index (χ4v) is 4.03. The molecule has 2 bridgehead atoms. The van der Waals surface area contributed by atoms with Gasteiger partial charge in [-0.3, -0.25) is 4.79 Å². The van der Waals surface area contributed by atoms with E-state index < -0.39 is 0 Å². The summed E-state index contributed by atoms with van der Waals surface area (Å²) in [6, 6.07) is 3.73. The molecule has 0 radical (unpaired) electrons. The molecule has 3 fully saturated rings. The van der Waals surface area contributed by atoms with Gasteiger partial charge in [-0.1, -0.05) is 6.92 Å². The molecule has 1 aliphatic carbocycles. The van der Waals surface area contributed by atoms with Crippen molar-refractivity contribution in [3.05, 3.63) is 35.9 Å². The summed E-state index contributed by atoms with van der Waals surface area (Å²) in [6.45, 7) is 3.97. The van der Waals surface area contributed by atoms with Gasteiger partial charge in [0.05, 0.1) is 25.0 Å². The van der Waals surface area contributed by atoms with E-state index >= 15 is 0 Å². The molecule has 7 heteroatoms. The lowest BCUT2D eigenvalue weighted by atomic mass is 9.64. The third kappa shape index (κ3) is 2.23. The molecule has 24 heavy (non-hydrogen) atoms. The van der Waals surface area contributed by atoms with E-state index in [9.17, 15) is 9.90 Å². The number of aromatic nitrogens is 4. The molecule has 1 amide bonds. The Hall–Kier alpha value is -2.28. The standard InChI is InChI=1S/C17H21N5O2/c1-10-3-4-14(22-18-5-6-19-22)16(20-10)17(24)21-13-7-12(8-13)11(2)15(21)9-23/h3-6,11-13,15,23H,7-9H2,1-2H3/t11-,12?,13?,15?/m0/s1. The van der Waals surface area contributed by atoms with Gasteiger partial charge in [0, 0.05) is 11.7 Å². The molecule has 2 aromatic heterocycles. The molecule has 4 heterocycles. The lowest BCUT2D eigenvalue weighted by molar-refractivity contribution is -0.0704. The normalized spacial score (nSPS) is 28.5. The van der Waals surface area contributed by atoms with Crippen molar-refractivity contribution in [3.8, 4) is 5.69 Å². The van der Waals surface area contributed by atoms with E-state index in [1.165, 1.54) is 4.80 Å². The highest BCUT2D eigenvalue weighted by Crippen LogP contribution is 2.46. The van der Waals surface area contributed by atoms with Gasteiger partial charge in [-0.2, -0.15) is 10.2 Å². The maximum atomic E-state index is 13.3. The van der Waals surface area contributed by atoms with Gasteiger partial charge in [0.15, 0.2) is 5.69 Å². The Kier molecular flexibility index (Phi) is 3.60. The summed E-state index contributed by atoms with van der Waals surface area (Å²) in [4.78, 5) is 21.0. The molecule has 1 N–H and O–H groups in total. The highest BCUT2D eigenvalue weighted by atomic mass is 16.3. The van der Waals surface area contributed by atoms with Crippen molar-refractivity contribution in [1.82, 2.24) is 24.9 Å². The van der Waals surface area contributed by atoms with E-state index in [1.54, 1.807) is 12.4 Å². The smallest absolute Gasteiger partial charge is 0.275 e. The molecular formula is C17H21N5O2. The number of fused-ring (bicyclic) bond motifs is 2. The van der Waals surface area contributed by atoms with Gasteiger partial charge >= 0.3 is 0 Å². The number of pyridine rings is 1. The van der Waals surface area contributed by atoms with Gasteiger partial charge in [-0.25, -0.2) is 4.98 Å². The SMILES string of the molecule is Cc1ccc(-n2nccn2)c(C(=O)N2C3CC(C3)[C@H](C)C2CO)n1. The molecule has 126 valence electrons. The van der Waals surface area contributed by atoms with Gasteiger partial charge in [0.1, 0.15) is 5.69 Å². The zero-order valence-electron chi connectivity index (χ0n) is 13.8. The van der Waals surface area contributed by atoms with Crippen molar-refractivity contribution in [2.75, 3.05) is 6.61 Å². The zero-order chi connectivity index (χ0) is 16.8. The van der Waals surface area contributed by atoms with Gasteiger partial charge in [-0.05, 0) is 43.7 Å². The van der Waals surface area contributed by atoms with Crippen molar-refractivity contribution in [3.63, 3.8) is 0 Å². The van der Waals surface area contributed by atoms with Crippen LogP contribution >= 0.6 is 0 Å². The first-order valence-electron chi connectivity index (χ1n) is 8.38. The number of carbonyl (C=O) groups is 1. The fraction of sp³-hybridized carbons (Fsp3) is 0.529. The summed E-state index contributed by atoms with van der Waals surface area (Å²) in [5, 5.41) is 18.1. The maximum absolute atomic E-state index is 13.3. The van der Waals surface area contributed by atoms with E-state index in [0.717, 1.165) is 18.5 Å². The molecule has 2 saturated heterocycles. The first-order valence-corrected chi connectivity index (χ1v) is 8.38. The van der Waals surface area contributed by atoms with Crippen LogP contribution in [0.1, 0.15) is 35.9 Å². The number of aliphatic hydroxyl groups is 1. The number of piperidine rings is 2. The molecule has 2 aliphatic heterocycles. The van der Waals surface area contributed by atoms with Gasteiger partial charge in [0.2, 0.25) is 0 Å². The van der Waals surface area contributed by atoms with Crippen LogP contribution in [0.3, 0.4) is 0 Å². The molecule has 7 nitrogen and oxygen atoms in total. The monoisotopic (exact) mass is 327 g/mol. The predicted molar refractivity (Wildman–Crippen MR) is 86.6 cm³/mol. The average Bonchev–Trinajstić information content (AvgIpc) is 3.06. The van der Waals surface area contributed by atoms with E-state index in [1.807, 2.05) is 24.0 Å². The quantitative estimate of drug-likeness (QED) is 0.916. The summed E-state index contributed by atoms with van der Waals surface area (Å²) < 4.78 is 0. The van der Waals surface area contributed by atoms with Crippen LogP contribution in [0.5, 0.6) is 0 Å². The number of nitrogens with zero attached hydrogens (tertiary/aromatic N) is 5. The van der Waals surface area contributed by atoms with Gasteiger partial charge < -0.3 is 10.0 Å². The van der Waals surface area contributed by atoms with Crippen LogP contribution in [0.4, 0.5) is 0 Å². The molecule has 2 aromatic rings. The Labute approximate surface area is 140 Å². The molecular weight excluding hydrogens is 306 g/mol. The van der Waals surface area contributed by atoms with Crippen LogP contribution in [0, 0.1) is 18.8 Å². The number of carbonyl (C=O) groups excluding carboxylic acids is 1. The number of rotatable bonds is 3. The summed E-state index contributed by atoms with van der Waals surface area (Å²) in [5.41, 5.74) is 1.69. The Bertz CT molecular complexity index is 754. The summed E-state index contributed by atoms with van der Waals surface area (Å²) in [7, 11) is 0. The molecule has 1 saturated carbocycles. The second kappa shape index (κ2) is 5.66. The summed E-state index contributed by atoms with van der Waals surface area (Å²) in [5.74, 6) is 0.786. The number of aryl methyl sites for hydroxylation is 1. The van der Waals surface area contributed by atoms with Gasteiger partial charge in [-0.15, -0.1) is 4.80 Å². The average molecular weight is 327 g/mol. The van der Waals surface area contributed by atoms with Crippen molar-refractivity contribution in [2.45, 2.75) is 38.8 Å². The summed E-state index contributed by atoms with van der Waals surface area (Å²) in [6.07, 6.45) is 5.18. The van der Waals surface area contributed by atoms with Crippen LogP contribution in [0.2, 0.25) is 0 Å². The number of hydrogen-bond donors (Lipinski definition) is 1.